The highest BCUT2D eigenvalue weighted by atomic mass is 16.2. The van der Waals surface area contributed by atoms with E-state index in [0.717, 1.165) is 27.5 Å². The molecular formula is C26H16N2O2. The Labute approximate surface area is 172 Å². The molecule has 6 rings (SSSR count). The summed E-state index contributed by atoms with van der Waals surface area (Å²) in [5, 5.41) is 2.14. The highest BCUT2D eigenvalue weighted by Gasteiger charge is 2.36. The number of carbonyl (C=O) groups is 2. The number of rotatable bonds is 2. The Morgan fingerprint density at radius 2 is 1.27 bits per heavy atom. The molecule has 0 radical (unpaired) electrons. The van der Waals surface area contributed by atoms with Crippen LogP contribution in [0.5, 0.6) is 0 Å². The number of hydrogen-bond donors (Lipinski definition) is 0. The fourth-order valence-electron chi connectivity index (χ4n) is 4.40. The summed E-state index contributed by atoms with van der Waals surface area (Å²) in [4.78, 5) is 26.7. The normalized spacial score (nSPS) is 13.4. The predicted octanol–water partition coefficient (Wildman–Crippen LogP) is 5.64. The standard InChI is InChI=1S/C26H16N2O2/c29-25-20-11-5-7-13-23(20)28(26(25)30)18-14-15-24-21(16-18)19-10-4-6-12-22(19)27(24)17-8-2-1-3-9-17/h1-16H. The molecule has 30 heavy (non-hydrogen) atoms. The van der Waals surface area contributed by atoms with Gasteiger partial charge in [-0.3, -0.25) is 14.5 Å². The van der Waals surface area contributed by atoms with Gasteiger partial charge in [0, 0.05) is 16.5 Å². The average molecular weight is 388 g/mol. The fraction of sp³-hybridized carbons (Fsp3) is 0. The van der Waals surface area contributed by atoms with Crippen molar-refractivity contribution in [3.8, 4) is 5.69 Å². The smallest absolute Gasteiger partial charge is 0.304 e. The topological polar surface area (TPSA) is 42.3 Å². The molecule has 4 heteroatoms. The van der Waals surface area contributed by atoms with Gasteiger partial charge in [0.1, 0.15) is 0 Å². The molecule has 1 amide bonds. The lowest BCUT2D eigenvalue weighted by molar-refractivity contribution is -0.113. The molecule has 1 aromatic heterocycles. The van der Waals surface area contributed by atoms with Crippen LogP contribution in [0.2, 0.25) is 0 Å². The Hall–Kier alpha value is -4.18. The number of anilines is 2. The van der Waals surface area contributed by atoms with Gasteiger partial charge >= 0.3 is 5.91 Å². The third-order valence-corrected chi connectivity index (χ3v) is 5.72. The number of benzene rings is 4. The van der Waals surface area contributed by atoms with Gasteiger partial charge in [-0.2, -0.15) is 0 Å². The van der Waals surface area contributed by atoms with E-state index >= 15 is 0 Å². The number of nitrogens with zero attached hydrogens (tertiary/aromatic N) is 2. The van der Waals surface area contributed by atoms with Crippen LogP contribution >= 0.6 is 0 Å². The maximum absolute atomic E-state index is 12.8. The molecule has 0 fully saturated rings. The van der Waals surface area contributed by atoms with E-state index in [1.54, 1.807) is 12.1 Å². The molecule has 0 saturated heterocycles. The summed E-state index contributed by atoms with van der Waals surface area (Å²) in [6, 6.07) is 31.5. The van der Waals surface area contributed by atoms with Crippen LogP contribution in [0.1, 0.15) is 10.4 Å². The van der Waals surface area contributed by atoms with E-state index in [0.29, 0.717) is 16.9 Å². The summed E-state index contributed by atoms with van der Waals surface area (Å²) < 4.78 is 2.22. The first kappa shape index (κ1) is 16.7. The second kappa shape index (κ2) is 6.16. The van der Waals surface area contributed by atoms with Crippen LogP contribution in [0.15, 0.2) is 97.1 Å². The molecule has 142 valence electrons. The van der Waals surface area contributed by atoms with E-state index < -0.39 is 11.7 Å². The lowest BCUT2D eigenvalue weighted by atomic mass is 10.1. The number of ketones is 1. The van der Waals surface area contributed by atoms with Gasteiger partial charge < -0.3 is 4.57 Å². The van der Waals surface area contributed by atoms with Crippen LogP contribution in [-0.2, 0) is 4.79 Å². The molecule has 0 aliphatic carbocycles. The molecule has 4 nitrogen and oxygen atoms in total. The first-order valence-electron chi connectivity index (χ1n) is 9.80. The zero-order valence-corrected chi connectivity index (χ0v) is 15.9. The monoisotopic (exact) mass is 388 g/mol. The second-order valence-corrected chi connectivity index (χ2v) is 7.38. The van der Waals surface area contributed by atoms with Crippen LogP contribution in [0, 0.1) is 0 Å². The molecule has 0 saturated carbocycles. The fourth-order valence-corrected chi connectivity index (χ4v) is 4.40. The minimum Gasteiger partial charge on any atom is -0.309 e. The van der Waals surface area contributed by atoms with Crippen molar-refractivity contribution in [1.29, 1.82) is 0 Å². The number of amides is 1. The summed E-state index contributed by atoms with van der Waals surface area (Å²) in [6.45, 7) is 0. The number of Topliss-reactive ketones (excluding diaryl/α,β-unsaturated/α-hetero) is 1. The number of fused-ring (bicyclic) bond motifs is 4. The number of aromatic nitrogens is 1. The summed E-state index contributed by atoms with van der Waals surface area (Å²) in [5.41, 5.74) is 5.02. The molecule has 5 aromatic rings. The van der Waals surface area contributed by atoms with E-state index in [2.05, 4.69) is 28.8 Å². The predicted molar refractivity (Wildman–Crippen MR) is 119 cm³/mol. The summed E-state index contributed by atoms with van der Waals surface area (Å²) in [5.74, 6) is -0.972. The van der Waals surface area contributed by atoms with Crippen molar-refractivity contribution in [3.63, 3.8) is 0 Å². The van der Waals surface area contributed by atoms with Gasteiger partial charge in [-0.15, -0.1) is 0 Å². The first-order valence-corrected chi connectivity index (χ1v) is 9.80. The largest absolute Gasteiger partial charge is 0.309 e. The van der Waals surface area contributed by atoms with Gasteiger partial charge in [0.05, 0.1) is 28.0 Å². The van der Waals surface area contributed by atoms with Gasteiger partial charge in [0.2, 0.25) is 0 Å². The van der Waals surface area contributed by atoms with Crippen molar-refractivity contribution < 1.29 is 9.59 Å². The Bertz CT molecular complexity index is 1480. The Balaban J connectivity index is 1.63. The Morgan fingerprint density at radius 3 is 2.13 bits per heavy atom. The van der Waals surface area contributed by atoms with Crippen molar-refractivity contribution in [2.45, 2.75) is 0 Å². The van der Waals surface area contributed by atoms with Crippen LogP contribution in [0.4, 0.5) is 11.4 Å². The van der Waals surface area contributed by atoms with E-state index in [1.165, 1.54) is 4.90 Å². The first-order chi connectivity index (χ1) is 14.7. The third kappa shape index (κ3) is 2.22. The Morgan fingerprint density at radius 1 is 0.567 bits per heavy atom. The molecule has 0 bridgehead atoms. The van der Waals surface area contributed by atoms with Gasteiger partial charge in [-0.1, -0.05) is 48.5 Å². The van der Waals surface area contributed by atoms with Crippen molar-refractivity contribution in [2.75, 3.05) is 4.90 Å². The number of para-hydroxylation sites is 3. The van der Waals surface area contributed by atoms with E-state index in [4.69, 9.17) is 0 Å². The van der Waals surface area contributed by atoms with Crippen molar-refractivity contribution >= 4 is 44.9 Å². The summed E-state index contributed by atoms with van der Waals surface area (Å²) in [6.07, 6.45) is 0. The van der Waals surface area contributed by atoms with E-state index in [-0.39, 0.29) is 0 Å². The van der Waals surface area contributed by atoms with Crippen molar-refractivity contribution in [3.05, 3.63) is 103 Å². The summed E-state index contributed by atoms with van der Waals surface area (Å²) in [7, 11) is 0. The van der Waals surface area contributed by atoms with Crippen LogP contribution < -0.4 is 4.90 Å². The average Bonchev–Trinajstić information content (AvgIpc) is 3.26. The number of hydrogen-bond acceptors (Lipinski definition) is 2. The third-order valence-electron chi connectivity index (χ3n) is 5.72. The van der Waals surface area contributed by atoms with Crippen LogP contribution in [-0.4, -0.2) is 16.3 Å². The van der Waals surface area contributed by atoms with Gasteiger partial charge in [0.15, 0.2) is 0 Å². The Kier molecular flexibility index (Phi) is 3.44. The SMILES string of the molecule is O=C1C(=O)N(c2ccc3c(c2)c2ccccc2n3-c2ccccc2)c2ccccc21. The minimum absolute atomic E-state index is 0.453. The van der Waals surface area contributed by atoms with E-state index in [9.17, 15) is 9.59 Å². The van der Waals surface area contributed by atoms with Crippen molar-refractivity contribution in [1.82, 2.24) is 4.57 Å². The molecule has 0 atom stereocenters. The highest BCUT2D eigenvalue weighted by Crippen LogP contribution is 2.39. The molecular weight excluding hydrogens is 372 g/mol. The molecule has 0 N–H and O–H groups in total. The number of carbonyl (C=O) groups excluding carboxylic acids is 2. The molecule has 0 unspecified atom stereocenters. The minimum atomic E-state index is -0.512. The van der Waals surface area contributed by atoms with Gasteiger partial charge in [0.25, 0.3) is 5.78 Å². The molecule has 4 aromatic carbocycles. The van der Waals surface area contributed by atoms with Gasteiger partial charge in [-0.25, -0.2) is 0 Å². The van der Waals surface area contributed by atoms with Crippen LogP contribution in [0.25, 0.3) is 27.5 Å². The molecule has 1 aliphatic heterocycles. The lowest BCUT2D eigenvalue weighted by Gasteiger charge is -2.17. The van der Waals surface area contributed by atoms with Crippen molar-refractivity contribution in [2.24, 2.45) is 0 Å². The van der Waals surface area contributed by atoms with Crippen LogP contribution in [0.3, 0.4) is 0 Å². The molecule has 2 heterocycles. The second-order valence-electron chi connectivity index (χ2n) is 7.38. The molecule has 1 aliphatic rings. The summed E-state index contributed by atoms with van der Waals surface area (Å²) >= 11 is 0. The zero-order valence-electron chi connectivity index (χ0n) is 15.9. The molecule has 0 spiro atoms. The maximum Gasteiger partial charge on any atom is 0.304 e. The highest BCUT2D eigenvalue weighted by molar-refractivity contribution is 6.53. The van der Waals surface area contributed by atoms with Gasteiger partial charge in [-0.05, 0) is 48.5 Å². The quantitative estimate of drug-likeness (QED) is 0.367. The van der Waals surface area contributed by atoms with E-state index in [1.807, 2.05) is 60.7 Å². The lowest BCUT2D eigenvalue weighted by Crippen LogP contribution is -2.24. The maximum atomic E-state index is 12.8. The zero-order chi connectivity index (χ0) is 20.2.